The van der Waals surface area contributed by atoms with Crippen LogP contribution in [0.3, 0.4) is 0 Å². The molecule has 2 nitrogen and oxygen atoms in total. The van der Waals surface area contributed by atoms with Gasteiger partial charge in [0.2, 0.25) is 0 Å². The van der Waals surface area contributed by atoms with E-state index in [0.29, 0.717) is 12.2 Å². The molecule has 3 rings (SSSR count). The topological polar surface area (TPSA) is 18.5 Å². The van der Waals surface area contributed by atoms with E-state index >= 15 is 0 Å². The van der Waals surface area contributed by atoms with Crippen molar-refractivity contribution in [1.82, 2.24) is 0 Å². The molecule has 1 saturated carbocycles. The molecule has 0 bridgehead atoms. The summed E-state index contributed by atoms with van der Waals surface area (Å²) < 4.78 is 11.5. The highest BCUT2D eigenvalue weighted by atomic mass is 16.6. The van der Waals surface area contributed by atoms with E-state index in [2.05, 4.69) is 6.92 Å². The molecule has 0 spiro atoms. The van der Waals surface area contributed by atoms with Crippen molar-refractivity contribution < 1.29 is 9.47 Å². The molecule has 13 heavy (non-hydrogen) atoms. The van der Waals surface area contributed by atoms with Crippen molar-refractivity contribution in [3.05, 3.63) is 0 Å². The minimum Gasteiger partial charge on any atom is -0.373 e. The van der Waals surface area contributed by atoms with Gasteiger partial charge in [-0.3, -0.25) is 0 Å². The van der Waals surface area contributed by atoms with E-state index in [-0.39, 0.29) is 0 Å². The summed E-state index contributed by atoms with van der Waals surface area (Å²) >= 11 is 0. The Labute approximate surface area is 79.6 Å². The fourth-order valence-corrected chi connectivity index (χ4v) is 3.36. The summed E-state index contributed by atoms with van der Waals surface area (Å²) in [4.78, 5) is 0. The summed E-state index contributed by atoms with van der Waals surface area (Å²) in [7, 11) is 0. The molecule has 5 atom stereocenters. The Balaban J connectivity index is 1.82. The largest absolute Gasteiger partial charge is 0.373 e. The molecule has 2 heteroatoms. The quantitative estimate of drug-likeness (QED) is 0.569. The summed E-state index contributed by atoms with van der Waals surface area (Å²) in [6.07, 6.45) is 5.08. The first kappa shape index (κ1) is 8.25. The van der Waals surface area contributed by atoms with Crippen molar-refractivity contribution >= 4 is 0 Å². The molecule has 0 radical (unpaired) electrons. The van der Waals surface area contributed by atoms with E-state index in [9.17, 15) is 0 Å². The molecule has 0 amide bonds. The van der Waals surface area contributed by atoms with E-state index < -0.39 is 0 Å². The molecule has 3 aliphatic rings. The van der Waals surface area contributed by atoms with Crippen LogP contribution in [-0.2, 0) is 9.47 Å². The highest BCUT2D eigenvalue weighted by Crippen LogP contribution is 2.45. The highest BCUT2D eigenvalue weighted by molar-refractivity contribution is 4.96. The summed E-state index contributed by atoms with van der Waals surface area (Å²) in [5.74, 6) is 2.45. The van der Waals surface area contributed by atoms with Gasteiger partial charge in [-0.05, 0) is 30.6 Å². The van der Waals surface area contributed by atoms with Crippen LogP contribution in [0.5, 0.6) is 0 Å². The lowest BCUT2D eigenvalue weighted by Gasteiger charge is -2.39. The van der Waals surface area contributed by atoms with Crippen LogP contribution in [0.15, 0.2) is 0 Å². The van der Waals surface area contributed by atoms with E-state index in [1.54, 1.807) is 0 Å². The molecule has 5 unspecified atom stereocenters. The van der Waals surface area contributed by atoms with Crippen molar-refractivity contribution in [1.29, 1.82) is 0 Å². The van der Waals surface area contributed by atoms with Crippen LogP contribution in [0.1, 0.15) is 26.2 Å². The maximum absolute atomic E-state index is 5.83. The number of rotatable bonds is 0. The van der Waals surface area contributed by atoms with Gasteiger partial charge in [-0.1, -0.05) is 13.3 Å². The van der Waals surface area contributed by atoms with Gasteiger partial charge in [0, 0.05) is 0 Å². The van der Waals surface area contributed by atoms with E-state index in [1.165, 1.54) is 19.3 Å². The van der Waals surface area contributed by atoms with Gasteiger partial charge in [0.25, 0.3) is 0 Å². The Bertz CT molecular complexity index is 204. The molecule has 0 aromatic rings. The third kappa shape index (κ3) is 1.15. The first-order valence-electron chi connectivity index (χ1n) is 5.59. The fraction of sp³-hybridized carbons (Fsp3) is 1.00. The zero-order valence-electron chi connectivity index (χ0n) is 8.24. The standard InChI is InChI=1S/C11H18O2/c1-7-5-12-10-6-13-11(10)9-4-2-3-8(7)9/h7-11H,2-6H2,1H3. The molecule has 0 N–H and O–H groups in total. The van der Waals surface area contributed by atoms with Gasteiger partial charge in [-0.25, -0.2) is 0 Å². The SMILES string of the molecule is CC1COC2COC2C2CCCC12. The van der Waals surface area contributed by atoms with Crippen LogP contribution >= 0.6 is 0 Å². The Morgan fingerprint density at radius 2 is 1.85 bits per heavy atom. The second-order valence-electron chi connectivity index (χ2n) is 4.91. The maximum atomic E-state index is 5.83. The molecule has 2 heterocycles. The molecular formula is C11H18O2. The molecule has 1 aliphatic carbocycles. The Hall–Kier alpha value is -0.0800. The lowest BCUT2D eigenvalue weighted by atomic mass is 9.80. The van der Waals surface area contributed by atoms with Crippen LogP contribution in [0.2, 0.25) is 0 Å². The number of hydrogen-bond donors (Lipinski definition) is 0. The molecule has 2 saturated heterocycles. The second-order valence-corrected chi connectivity index (χ2v) is 4.91. The lowest BCUT2D eigenvalue weighted by molar-refractivity contribution is -0.198. The molecule has 3 fully saturated rings. The number of hydrogen-bond acceptors (Lipinski definition) is 2. The van der Waals surface area contributed by atoms with Gasteiger partial charge in [0.05, 0.1) is 19.3 Å². The smallest absolute Gasteiger partial charge is 0.107 e. The Morgan fingerprint density at radius 3 is 2.62 bits per heavy atom. The number of fused-ring (bicyclic) bond motifs is 3. The molecule has 0 aromatic heterocycles. The molecule has 74 valence electrons. The molecule has 2 aliphatic heterocycles. The highest BCUT2D eigenvalue weighted by Gasteiger charge is 2.48. The average Bonchev–Trinajstić information content (AvgIpc) is 2.48. The van der Waals surface area contributed by atoms with Crippen molar-refractivity contribution in [2.45, 2.75) is 38.4 Å². The van der Waals surface area contributed by atoms with Crippen molar-refractivity contribution in [2.24, 2.45) is 17.8 Å². The minimum atomic E-state index is 0.440. The Kier molecular flexibility index (Phi) is 1.88. The van der Waals surface area contributed by atoms with Crippen LogP contribution < -0.4 is 0 Å². The van der Waals surface area contributed by atoms with Gasteiger partial charge < -0.3 is 9.47 Å². The van der Waals surface area contributed by atoms with Gasteiger partial charge in [-0.15, -0.1) is 0 Å². The van der Waals surface area contributed by atoms with Crippen molar-refractivity contribution in [2.75, 3.05) is 13.2 Å². The molecule has 0 aromatic carbocycles. The van der Waals surface area contributed by atoms with E-state index in [4.69, 9.17) is 9.47 Å². The summed E-state index contributed by atoms with van der Waals surface area (Å²) in [5, 5.41) is 0. The van der Waals surface area contributed by atoms with E-state index in [1.807, 2.05) is 0 Å². The summed E-state index contributed by atoms with van der Waals surface area (Å²) in [6.45, 7) is 4.15. The summed E-state index contributed by atoms with van der Waals surface area (Å²) in [6, 6.07) is 0. The normalized spacial score (nSPS) is 54.7. The zero-order chi connectivity index (χ0) is 8.84. The third-order valence-electron chi connectivity index (χ3n) is 4.17. The van der Waals surface area contributed by atoms with Gasteiger partial charge >= 0.3 is 0 Å². The second kappa shape index (κ2) is 2.96. The summed E-state index contributed by atoms with van der Waals surface area (Å²) in [5.41, 5.74) is 0. The van der Waals surface area contributed by atoms with Gasteiger partial charge in [0.1, 0.15) is 6.10 Å². The third-order valence-corrected chi connectivity index (χ3v) is 4.17. The zero-order valence-corrected chi connectivity index (χ0v) is 8.24. The van der Waals surface area contributed by atoms with Crippen LogP contribution in [-0.4, -0.2) is 25.4 Å². The fourth-order valence-electron chi connectivity index (χ4n) is 3.36. The molecular weight excluding hydrogens is 164 g/mol. The first-order chi connectivity index (χ1) is 6.36. The number of ether oxygens (including phenoxy) is 2. The minimum absolute atomic E-state index is 0.440. The van der Waals surface area contributed by atoms with Gasteiger partial charge in [0.15, 0.2) is 0 Å². The predicted molar refractivity (Wildman–Crippen MR) is 49.5 cm³/mol. The first-order valence-corrected chi connectivity index (χ1v) is 5.59. The van der Waals surface area contributed by atoms with Crippen molar-refractivity contribution in [3.8, 4) is 0 Å². The monoisotopic (exact) mass is 182 g/mol. The Morgan fingerprint density at radius 1 is 1.00 bits per heavy atom. The van der Waals surface area contributed by atoms with Gasteiger partial charge in [-0.2, -0.15) is 0 Å². The average molecular weight is 182 g/mol. The van der Waals surface area contributed by atoms with Crippen LogP contribution in [0.4, 0.5) is 0 Å². The van der Waals surface area contributed by atoms with E-state index in [0.717, 1.165) is 31.0 Å². The maximum Gasteiger partial charge on any atom is 0.107 e. The van der Waals surface area contributed by atoms with Crippen LogP contribution in [0, 0.1) is 17.8 Å². The van der Waals surface area contributed by atoms with Crippen molar-refractivity contribution in [3.63, 3.8) is 0 Å². The van der Waals surface area contributed by atoms with Crippen LogP contribution in [0.25, 0.3) is 0 Å². The lowest BCUT2D eigenvalue weighted by Crippen LogP contribution is -2.50. The predicted octanol–water partition coefficient (Wildman–Crippen LogP) is 1.84.